The van der Waals surface area contributed by atoms with Crippen LogP contribution in [0.1, 0.15) is 0 Å². The minimum atomic E-state index is -0.934. The Kier molecular flexibility index (Phi) is 5.46. The number of nitrogens with zero attached hydrogens (tertiary/aromatic N) is 1. The van der Waals surface area contributed by atoms with Crippen molar-refractivity contribution in [2.24, 2.45) is 0 Å². The van der Waals surface area contributed by atoms with Crippen LogP contribution in [0.4, 0.5) is 20.6 Å². The first kappa shape index (κ1) is 18.1. The lowest BCUT2D eigenvalue weighted by atomic mass is 10.1. The normalized spacial score (nSPS) is 10.4. The lowest BCUT2D eigenvalue weighted by Crippen LogP contribution is -2.18. The smallest absolute Gasteiger partial charge is 0.411 e. The van der Waals surface area contributed by atoms with Gasteiger partial charge in [0.1, 0.15) is 24.8 Å². The highest BCUT2D eigenvalue weighted by Gasteiger charge is 2.13. The van der Waals surface area contributed by atoms with Crippen LogP contribution in [0.25, 0.3) is 10.8 Å². The summed E-state index contributed by atoms with van der Waals surface area (Å²) >= 11 is 0. The van der Waals surface area contributed by atoms with E-state index < -0.39 is 16.8 Å². The number of nitro benzene ring substituents is 1. The molecule has 0 fully saturated rings. The second-order valence-electron chi connectivity index (χ2n) is 5.54. The fourth-order valence-corrected chi connectivity index (χ4v) is 2.42. The van der Waals surface area contributed by atoms with Gasteiger partial charge >= 0.3 is 6.09 Å². The molecule has 0 aliphatic carbocycles. The molecule has 0 aromatic heterocycles. The Balaban J connectivity index is 1.49. The highest BCUT2D eigenvalue weighted by atomic mass is 19.1. The van der Waals surface area contributed by atoms with Gasteiger partial charge in [0, 0.05) is 12.1 Å². The standard InChI is InChI=1S/C19H15FN2O5/c20-17-8-6-15(22(24)25)12-18(17)21-19(23)27-10-9-26-16-7-5-13-3-1-2-4-14(13)11-16/h1-8,11-12H,9-10H2,(H,21,23). The number of rotatable bonds is 6. The largest absolute Gasteiger partial charge is 0.490 e. The van der Waals surface area contributed by atoms with Gasteiger partial charge in [-0.15, -0.1) is 0 Å². The first-order valence-corrected chi connectivity index (χ1v) is 8.02. The van der Waals surface area contributed by atoms with Gasteiger partial charge in [0.15, 0.2) is 0 Å². The molecular weight excluding hydrogens is 355 g/mol. The average molecular weight is 370 g/mol. The number of ether oxygens (including phenoxy) is 2. The van der Waals surface area contributed by atoms with E-state index in [0.717, 1.165) is 29.0 Å². The number of hydrogen-bond acceptors (Lipinski definition) is 5. The topological polar surface area (TPSA) is 90.7 Å². The third-order valence-corrected chi connectivity index (χ3v) is 3.70. The Morgan fingerprint density at radius 1 is 1.04 bits per heavy atom. The van der Waals surface area contributed by atoms with E-state index in [2.05, 4.69) is 5.32 Å². The number of nitro groups is 1. The number of non-ortho nitro benzene ring substituents is 1. The second-order valence-corrected chi connectivity index (χ2v) is 5.54. The molecule has 7 nitrogen and oxygen atoms in total. The maximum absolute atomic E-state index is 13.6. The van der Waals surface area contributed by atoms with Crippen LogP contribution in [0.3, 0.4) is 0 Å². The molecule has 0 saturated heterocycles. The van der Waals surface area contributed by atoms with Crippen molar-refractivity contribution in [2.75, 3.05) is 18.5 Å². The maximum Gasteiger partial charge on any atom is 0.411 e. The lowest BCUT2D eigenvalue weighted by Gasteiger charge is -2.09. The van der Waals surface area contributed by atoms with Gasteiger partial charge in [-0.3, -0.25) is 15.4 Å². The predicted molar refractivity (Wildman–Crippen MR) is 97.5 cm³/mol. The minimum Gasteiger partial charge on any atom is -0.490 e. The zero-order valence-electron chi connectivity index (χ0n) is 14.1. The van der Waals surface area contributed by atoms with Crippen molar-refractivity contribution in [3.63, 3.8) is 0 Å². The van der Waals surface area contributed by atoms with Crippen molar-refractivity contribution >= 4 is 28.2 Å². The first-order chi connectivity index (χ1) is 13.0. The number of benzene rings is 3. The Bertz CT molecular complexity index is 993. The molecule has 0 heterocycles. The molecule has 0 aliphatic heterocycles. The molecule has 0 spiro atoms. The van der Waals surface area contributed by atoms with Crippen LogP contribution in [-0.4, -0.2) is 24.2 Å². The van der Waals surface area contributed by atoms with Gasteiger partial charge < -0.3 is 9.47 Å². The van der Waals surface area contributed by atoms with Gasteiger partial charge in [0.05, 0.1) is 10.6 Å². The van der Waals surface area contributed by atoms with Crippen molar-refractivity contribution in [1.29, 1.82) is 0 Å². The van der Waals surface area contributed by atoms with Gasteiger partial charge in [-0.25, -0.2) is 9.18 Å². The van der Waals surface area contributed by atoms with Crippen LogP contribution in [0.5, 0.6) is 5.75 Å². The predicted octanol–water partition coefficient (Wildman–Crippen LogP) is 4.51. The van der Waals surface area contributed by atoms with Crippen molar-refractivity contribution < 1.29 is 23.6 Å². The third-order valence-electron chi connectivity index (χ3n) is 3.70. The van der Waals surface area contributed by atoms with Gasteiger partial charge in [-0.1, -0.05) is 30.3 Å². The Labute approximate surface area is 153 Å². The Morgan fingerprint density at radius 2 is 1.81 bits per heavy atom. The van der Waals surface area contributed by atoms with Crippen molar-refractivity contribution in [1.82, 2.24) is 0 Å². The van der Waals surface area contributed by atoms with Crippen LogP contribution >= 0.6 is 0 Å². The Hall–Kier alpha value is -3.68. The van der Waals surface area contributed by atoms with Crippen molar-refractivity contribution in [3.8, 4) is 5.75 Å². The van der Waals surface area contributed by atoms with Gasteiger partial charge in [-0.05, 0) is 29.0 Å². The molecule has 8 heteroatoms. The molecule has 3 rings (SSSR count). The molecule has 0 bridgehead atoms. The van der Waals surface area contributed by atoms with E-state index in [1.807, 2.05) is 36.4 Å². The van der Waals surface area contributed by atoms with Crippen LogP contribution in [0.15, 0.2) is 60.7 Å². The average Bonchev–Trinajstić information content (AvgIpc) is 2.66. The molecule has 138 valence electrons. The highest BCUT2D eigenvalue weighted by molar-refractivity contribution is 5.85. The minimum absolute atomic E-state index is 0.0742. The van der Waals surface area contributed by atoms with Gasteiger partial charge in [-0.2, -0.15) is 0 Å². The molecule has 3 aromatic carbocycles. The van der Waals surface area contributed by atoms with E-state index in [0.29, 0.717) is 5.75 Å². The van der Waals surface area contributed by atoms with Crippen LogP contribution in [0.2, 0.25) is 0 Å². The summed E-state index contributed by atoms with van der Waals surface area (Å²) in [7, 11) is 0. The molecule has 1 N–H and O–H groups in total. The summed E-state index contributed by atoms with van der Waals surface area (Å²) in [6.07, 6.45) is -0.934. The maximum atomic E-state index is 13.6. The van der Waals surface area contributed by atoms with Gasteiger partial charge in [0.2, 0.25) is 0 Å². The number of nitrogens with one attached hydrogen (secondary N) is 1. The molecule has 1 amide bonds. The van der Waals surface area contributed by atoms with Crippen molar-refractivity contribution in [2.45, 2.75) is 0 Å². The monoisotopic (exact) mass is 370 g/mol. The molecule has 27 heavy (non-hydrogen) atoms. The third kappa shape index (κ3) is 4.69. The van der Waals surface area contributed by atoms with E-state index in [1.165, 1.54) is 0 Å². The van der Waals surface area contributed by atoms with E-state index in [1.54, 1.807) is 6.07 Å². The number of hydrogen-bond donors (Lipinski definition) is 1. The Morgan fingerprint density at radius 3 is 2.59 bits per heavy atom. The van der Waals surface area contributed by atoms with E-state index >= 15 is 0 Å². The number of anilines is 1. The summed E-state index contributed by atoms with van der Waals surface area (Å²) in [5.74, 6) is -0.174. The number of amides is 1. The lowest BCUT2D eigenvalue weighted by molar-refractivity contribution is -0.384. The van der Waals surface area contributed by atoms with E-state index in [-0.39, 0.29) is 24.6 Å². The van der Waals surface area contributed by atoms with Gasteiger partial charge in [0.25, 0.3) is 5.69 Å². The molecule has 0 radical (unpaired) electrons. The number of carbonyl (C=O) groups is 1. The zero-order valence-corrected chi connectivity index (χ0v) is 14.1. The zero-order chi connectivity index (χ0) is 19.2. The summed E-state index contributed by atoms with van der Waals surface area (Å²) in [5, 5.41) is 14.9. The number of fused-ring (bicyclic) bond motifs is 1. The summed E-state index contributed by atoms with van der Waals surface area (Å²) in [4.78, 5) is 21.7. The fraction of sp³-hybridized carbons (Fsp3) is 0.105. The van der Waals surface area contributed by atoms with Crippen LogP contribution < -0.4 is 10.1 Å². The van der Waals surface area contributed by atoms with E-state index in [9.17, 15) is 19.3 Å². The van der Waals surface area contributed by atoms with E-state index in [4.69, 9.17) is 9.47 Å². The SMILES string of the molecule is O=C(Nc1cc([N+](=O)[O-])ccc1F)OCCOc1ccc2ccccc2c1. The summed E-state index contributed by atoms with van der Waals surface area (Å²) in [6.45, 7) is 0.0262. The molecular formula is C19H15FN2O5. The van der Waals surface area contributed by atoms with Crippen LogP contribution in [-0.2, 0) is 4.74 Å². The molecule has 0 aliphatic rings. The van der Waals surface area contributed by atoms with Crippen LogP contribution in [0, 0.1) is 15.9 Å². The number of carbonyl (C=O) groups excluding carboxylic acids is 1. The first-order valence-electron chi connectivity index (χ1n) is 8.02. The summed E-state index contributed by atoms with van der Waals surface area (Å²) in [5.41, 5.74) is -0.670. The summed E-state index contributed by atoms with van der Waals surface area (Å²) < 4.78 is 24.0. The second kappa shape index (κ2) is 8.13. The molecule has 0 saturated carbocycles. The molecule has 0 atom stereocenters. The molecule has 3 aromatic rings. The molecule has 0 unspecified atom stereocenters. The fourth-order valence-electron chi connectivity index (χ4n) is 2.42. The highest BCUT2D eigenvalue weighted by Crippen LogP contribution is 2.22. The summed E-state index contributed by atoms with van der Waals surface area (Å²) in [6, 6.07) is 16.2. The van der Waals surface area contributed by atoms with Crippen molar-refractivity contribution in [3.05, 3.63) is 76.6 Å². The quantitative estimate of drug-likeness (QED) is 0.391. The number of halogens is 1.